The highest BCUT2D eigenvalue weighted by atomic mass is 32.2. The van der Waals surface area contributed by atoms with Crippen LogP contribution in [0.1, 0.15) is 32.6 Å². The van der Waals surface area contributed by atoms with Crippen LogP contribution in [0.15, 0.2) is 0 Å². The van der Waals surface area contributed by atoms with Crippen molar-refractivity contribution in [3.8, 4) is 0 Å². The van der Waals surface area contributed by atoms with Crippen molar-refractivity contribution in [2.45, 2.75) is 38.8 Å². The van der Waals surface area contributed by atoms with Gasteiger partial charge in [-0.15, -0.1) is 11.8 Å². The van der Waals surface area contributed by atoms with Crippen LogP contribution in [0.3, 0.4) is 0 Å². The van der Waals surface area contributed by atoms with E-state index in [1.54, 1.807) is 11.8 Å². The van der Waals surface area contributed by atoms with E-state index in [1.807, 2.05) is 6.92 Å². The van der Waals surface area contributed by atoms with Crippen molar-refractivity contribution >= 4 is 11.8 Å². The summed E-state index contributed by atoms with van der Waals surface area (Å²) >= 11 is 1.72. The quantitative estimate of drug-likeness (QED) is 0.480. The van der Waals surface area contributed by atoms with E-state index in [1.165, 1.54) is 0 Å². The lowest BCUT2D eigenvalue weighted by Crippen LogP contribution is -1.98. The number of hydrogen-bond donors (Lipinski definition) is 1. The van der Waals surface area contributed by atoms with Gasteiger partial charge in [0.05, 0.1) is 6.17 Å². The van der Waals surface area contributed by atoms with Gasteiger partial charge in [-0.2, -0.15) is 0 Å². The normalized spacial score (nSPS) is 13.4. The number of hydrogen-bond acceptors (Lipinski definition) is 2. The van der Waals surface area contributed by atoms with E-state index < -0.39 is 6.17 Å². The summed E-state index contributed by atoms with van der Waals surface area (Å²) in [6, 6.07) is 0. The van der Waals surface area contributed by atoms with Gasteiger partial charge in [0.15, 0.2) is 0 Å². The maximum atomic E-state index is 12.6. The van der Waals surface area contributed by atoms with Crippen LogP contribution in [-0.4, -0.2) is 17.8 Å². The van der Waals surface area contributed by atoms with Gasteiger partial charge in [0.2, 0.25) is 0 Å². The molecule has 0 bridgehead atoms. The summed E-state index contributed by atoms with van der Waals surface area (Å²) in [5.41, 5.74) is 5.29. The van der Waals surface area contributed by atoms with Crippen LogP contribution < -0.4 is 5.73 Å². The molecule has 0 spiro atoms. The minimum atomic E-state index is -0.585. The molecule has 68 valence electrons. The van der Waals surface area contributed by atoms with Gasteiger partial charge in [0.1, 0.15) is 0 Å². The molecule has 11 heavy (non-hydrogen) atoms. The minimum absolute atomic E-state index is 0.585. The number of unbranched alkanes of at least 4 members (excludes halogenated alkanes) is 1. The number of thioether (sulfide) groups is 1. The Morgan fingerprint density at radius 2 is 2.18 bits per heavy atom. The Hall–Kier alpha value is 0.240. The van der Waals surface area contributed by atoms with Gasteiger partial charge < -0.3 is 5.73 Å². The maximum absolute atomic E-state index is 12.6. The molecule has 1 unspecified atom stereocenters. The molecule has 0 aromatic heterocycles. The van der Waals surface area contributed by atoms with Crippen molar-refractivity contribution in [3.63, 3.8) is 0 Å². The molecule has 0 heterocycles. The Balaban J connectivity index is 2.89. The summed E-state index contributed by atoms with van der Waals surface area (Å²) in [5.74, 6) is 1.76. The third kappa shape index (κ3) is 8.14. The number of rotatable bonds is 7. The fraction of sp³-hybridized carbons (Fsp3) is 1.00. The molecule has 1 nitrogen and oxygen atoms in total. The number of halogens is 1. The highest BCUT2D eigenvalue weighted by Crippen LogP contribution is 2.10. The largest absolute Gasteiger partial charge is 0.322 e. The SMILES string of the molecule is CCC(F)CCCCSCN. The molecule has 0 aromatic rings. The first-order valence-electron chi connectivity index (χ1n) is 4.23. The van der Waals surface area contributed by atoms with E-state index in [9.17, 15) is 4.39 Å². The Bertz CT molecular complexity index is 80.5. The zero-order valence-corrected chi connectivity index (χ0v) is 8.00. The van der Waals surface area contributed by atoms with Crippen LogP contribution in [0.5, 0.6) is 0 Å². The van der Waals surface area contributed by atoms with Gasteiger partial charge in [-0.1, -0.05) is 6.92 Å². The number of nitrogens with two attached hydrogens (primary N) is 1. The van der Waals surface area contributed by atoms with Crippen LogP contribution >= 0.6 is 11.8 Å². The second-order valence-electron chi connectivity index (χ2n) is 2.58. The van der Waals surface area contributed by atoms with Crippen LogP contribution in [0, 0.1) is 0 Å². The predicted octanol–water partition coefficient (Wildman–Crippen LogP) is 2.55. The molecule has 0 fully saturated rings. The summed E-state index contributed by atoms with van der Waals surface area (Å²) in [6.07, 6.45) is 2.90. The third-order valence-electron chi connectivity index (χ3n) is 1.62. The van der Waals surface area contributed by atoms with E-state index >= 15 is 0 Å². The van der Waals surface area contributed by atoms with Gasteiger partial charge in [-0.05, 0) is 31.4 Å². The fourth-order valence-electron chi connectivity index (χ4n) is 0.857. The van der Waals surface area contributed by atoms with Crippen molar-refractivity contribution in [2.75, 3.05) is 11.6 Å². The van der Waals surface area contributed by atoms with Crippen LogP contribution in [0.25, 0.3) is 0 Å². The standard InChI is InChI=1S/C8H18FNS/c1-2-8(9)5-3-4-6-11-7-10/h8H,2-7,10H2,1H3. The minimum Gasteiger partial charge on any atom is -0.322 e. The molecular weight excluding hydrogens is 161 g/mol. The molecule has 0 aromatic carbocycles. The smallest absolute Gasteiger partial charge is 0.0999 e. The van der Waals surface area contributed by atoms with E-state index in [2.05, 4.69) is 0 Å². The average molecular weight is 179 g/mol. The first-order chi connectivity index (χ1) is 5.31. The molecule has 0 saturated carbocycles. The molecule has 3 heteroatoms. The zero-order chi connectivity index (χ0) is 8.53. The lowest BCUT2D eigenvalue weighted by Gasteiger charge is -2.03. The first-order valence-corrected chi connectivity index (χ1v) is 5.38. The zero-order valence-electron chi connectivity index (χ0n) is 7.18. The molecule has 0 aliphatic heterocycles. The molecular formula is C8H18FNS. The monoisotopic (exact) mass is 179 g/mol. The molecule has 0 rings (SSSR count). The Morgan fingerprint density at radius 1 is 1.45 bits per heavy atom. The first kappa shape index (κ1) is 11.2. The summed E-state index contributed by atoms with van der Waals surface area (Å²) in [5, 5.41) is 0. The Morgan fingerprint density at radius 3 is 2.73 bits per heavy atom. The van der Waals surface area contributed by atoms with E-state index in [-0.39, 0.29) is 0 Å². The molecule has 0 amide bonds. The van der Waals surface area contributed by atoms with E-state index in [0.29, 0.717) is 12.3 Å². The van der Waals surface area contributed by atoms with Gasteiger partial charge in [-0.25, -0.2) is 4.39 Å². The highest BCUT2D eigenvalue weighted by molar-refractivity contribution is 7.99. The lowest BCUT2D eigenvalue weighted by molar-refractivity contribution is 0.299. The van der Waals surface area contributed by atoms with E-state index in [0.717, 1.165) is 25.0 Å². The topological polar surface area (TPSA) is 26.0 Å². The van der Waals surface area contributed by atoms with Crippen molar-refractivity contribution in [1.29, 1.82) is 0 Å². The van der Waals surface area contributed by atoms with Crippen molar-refractivity contribution in [1.82, 2.24) is 0 Å². The van der Waals surface area contributed by atoms with Crippen LogP contribution in [0.4, 0.5) is 4.39 Å². The Labute approximate surface area is 72.9 Å². The fourth-order valence-corrected chi connectivity index (χ4v) is 1.43. The van der Waals surface area contributed by atoms with Crippen LogP contribution in [0.2, 0.25) is 0 Å². The molecule has 0 radical (unpaired) electrons. The van der Waals surface area contributed by atoms with Crippen LogP contribution in [-0.2, 0) is 0 Å². The lowest BCUT2D eigenvalue weighted by atomic mass is 10.1. The third-order valence-corrected chi connectivity index (χ3v) is 2.43. The van der Waals surface area contributed by atoms with Crippen molar-refractivity contribution in [2.24, 2.45) is 5.73 Å². The van der Waals surface area contributed by atoms with Crippen molar-refractivity contribution in [3.05, 3.63) is 0 Å². The average Bonchev–Trinajstić information content (AvgIpc) is 2.04. The summed E-state index contributed by atoms with van der Waals surface area (Å²) in [6.45, 7) is 1.89. The van der Waals surface area contributed by atoms with Gasteiger partial charge in [0.25, 0.3) is 0 Å². The maximum Gasteiger partial charge on any atom is 0.0999 e. The Kier molecular flexibility index (Phi) is 8.52. The number of alkyl halides is 1. The van der Waals surface area contributed by atoms with Crippen molar-refractivity contribution < 1.29 is 4.39 Å². The predicted molar refractivity (Wildman–Crippen MR) is 50.6 cm³/mol. The highest BCUT2D eigenvalue weighted by Gasteiger charge is 2.01. The molecule has 2 N–H and O–H groups in total. The summed E-state index contributed by atoms with van der Waals surface area (Å²) in [7, 11) is 0. The van der Waals surface area contributed by atoms with E-state index in [4.69, 9.17) is 5.73 Å². The molecule has 0 aliphatic rings. The van der Waals surface area contributed by atoms with Gasteiger partial charge >= 0.3 is 0 Å². The second kappa shape index (κ2) is 8.34. The molecule has 1 atom stereocenters. The van der Waals surface area contributed by atoms with Gasteiger partial charge in [0, 0.05) is 5.88 Å². The molecule has 0 saturated heterocycles. The second-order valence-corrected chi connectivity index (χ2v) is 3.73. The molecule has 0 aliphatic carbocycles. The summed E-state index contributed by atoms with van der Waals surface area (Å²) < 4.78 is 12.6. The summed E-state index contributed by atoms with van der Waals surface area (Å²) in [4.78, 5) is 0. The van der Waals surface area contributed by atoms with Gasteiger partial charge in [-0.3, -0.25) is 0 Å².